The number of rotatable bonds is 6. The second kappa shape index (κ2) is 5.64. The van der Waals surface area contributed by atoms with Crippen molar-refractivity contribution in [3.8, 4) is 0 Å². The molecule has 0 aliphatic heterocycles. The molecule has 2 N–H and O–H groups in total. The maximum Gasteiger partial charge on any atom is 0.0613 e. The smallest absolute Gasteiger partial charge is 0.0613 e. The second-order valence-corrected chi connectivity index (χ2v) is 5.38. The fourth-order valence-corrected chi connectivity index (χ4v) is 2.46. The first-order chi connectivity index (χ1) is 7.15. The highest BCUT2D eigenvalue weighted by Gasteiger charge is 2.24. The predicted molar refractivity (Wildman–Crippen MR) is 66.3 cm³/mol. The van der Waals surface area contributed by atoms with Crippen LogP contribution in [0.1, 0.15) is 36.4 Å². The Morgan fingerprint density at radius 2 is 2.00 bits per heavy atom. The number of hydrogen-bond donors (Lipinski definition) is 2. The van der Waals surface area contributed by atoms with Gasteiger partial charge in [-0.3, -0.25) is 0 Å². The Morgan fingerprint density at radius 1 is 1.33 bits per heavy atom. The van der Waals surface area contributed by atoms with E-state index in [1.165, 1.54) is 9.75 Å². The monoisotopic (exact) mass is 227 g/mol. The van der Waals surface area contributed by atoms with Gasteiger partial charge in [0, 0.05) is 21.8 Å². The average Bonchev–Trinajstić information content (AvgIpc) is 2.67. The topological polar surface area (TPSA) is 32.3 Å². The molecule has 1 aromatic rings. The lowest BCUT2D eigenvalue weighted by Gasteiger charge is -2.30. The van der Waals surface area contributed by atoms with Crippen molar-refractivity contribution < 1.29 is 5.11 Å². The molecule has 0 unspecified atom stereocenters. The van der Waals surface area contributed by atoms with Gasteiger partial charge < -0.3 is 10.4 Å². The molecule has 86 valence electrons. The van der Waals surface area contributed by atoms with Crippen molar-refractivity contribution in [3.05, 3.63) is 21.9 Å². The number of aliphatic hydroxyl groups excluding tert-OH is 1. The van der Waals surface area contributed by atoms with Crippen molar-refractivity contribution in [2.24, 2.45) is 0 Å². The molecular weight excluding hydrogens is 206 g/mol. The molecule has 3 heteroatoms. The number of thiophene rings is 1. The summed E-state index contributed by atoms with van der Waals surface area (Å²) >= 11 is 1.82. The zero-order valence-corrected chi connectivity index (χ0v) is 10.7. The molecule has 1 rings (SSSR count). The van der Waals surface area contributed by atoms with Gasteiger partial charge in [0.15, 0.2) is 0 Å². The van der Waals surface area contributed by atoms with Gasteiger partial charge in [-0.25, -0.2) is 0 Å². The van der Waals surface area contributed by atoms with Gasteiger partial charge in [-0.15, -0.1) is 11.3 Å². The fourth-order valence-electron chi connectivity index (χ4n) is 1.63. The fraction of sp³-hybridized carbons (Fsp3) is 0.667. The summed E-state index contributed by atoms with van der Waals surface area (Å²) in [6.07, 6.45) is 1.93. The van der Waals surface area contributed by atoms with Crippen LogP contribution in [0.15, 0.2) is 12.1 Å². The third-order valence-corrected chi connectivity index (χ3v) is 4.09. The Balaban J connectivity index is 2.54. The van der Waals surface area contributed by atoms with Gasteiger partial charge in [-0.05, 0) is 31.9 Å². The van der Waals surface area contributed by atoms with Crippen LogP contribution in [0.2, 0.25) is 0 Å². The summed E-state index contributed by atoms with van der Waals surface area (Å²) in [5, 5.41) is 12.9. The molecule has 0 aliphatic carbocycles. The first kappa shape index (κ1) is 12.7. The summed E-state index contributed by atoms with van der Waals surface area (Å²) < 4.78 is 0. The first-order valence-electron chi connectivity index (χ1n) is 5.57. The molecule has 0 radical (unpaired) electrons. The minimum Gasteiger partial charge on any atom is -0.394 e. The van der Waals surface area contributed by atoms with Crippen molar-refractivity contribution in [2.45, 2.75) is 45.7 Å². The molecule has 1 aromatic heterocycles. The van der Waals surface area contributed by atoms with Crippen LogP contribution in [0.25, 0.3) is 0 Å². The Bertz CT molecular complexity index is 283. The molecule has 0 saturated heterocycles. The molecule has 0 bridgehead atoms. The highest BCUT2D eigenvalue weighted by atomic mass is 32.1. The summed E-state index contributed by atoms with van der Waals surface area (Å²) in [7, 11) is 0. The molecule has 0 aromatic carbocycles. The maximum atomic E-state index is 9.40. The van der Waals surface area contributed by atoms with E-state index in [0.29, 0.717) is 0 Å². The van der Waals surface area contributed by atoms with Crippen molar-refractivity contribution in [1.29, 1.82) is 0 Å². The molecule has 0 amide bonds. The van der Waals surface area contributed by atoms with E-state index in [-0.39, 0.29) is 12.1 Å². The maximum absolute atomic E-state index is 9.40. The molecule has 1 heterocycles. The Morgan fingerprint density at radius 3 is 2.40 bits per heavy atom. The van der Waals surface area contributed by atoms with Gasteiger partial charge in [0.25, 0.3) is 0 Å². The Labute approximate surface area is 96.3 Å². The van der Waals surface area contributed by atoms with Crippen LogP contribution in [-0.2, 0) is 6.54 Å². The van der Waals surface area contributed by atoms with Crippen molar-refractivity contribution in [1.82, 2.24) is 5.32 Å². The van der Waals surface area contributed by atoms with E-state index in [4.69, 9.17) is 0 Å². The lowest BCUT2D eigenvalue weighted by Crippen LogP contribution is -2.46. The van der Waals surface area contributed by atoms with Crippen LogP contribution in [0.5, 0.6) is 0 Å². The minimum absolute atomic E-state index is 0.0993. The highest BCUT2D eigenvalue weighted by Crippen LogP contribution is 2.18. The molecule has 0 saturated carbocycles. The summed E-state index contributed by atoms with van der Waals surface area (Å²) in [4.78, 5) is 2.68. The largest absolute Gasteiger partial charge is 0.394 e. The number of aryl methyl sites for hydroxylation is 1. The zero-order valence-electron chi connectivity index (χ0n) is 9.84. The SMILES string of the molecule is CCC(CC)(CO)NCc1ccc(C)s1. The molecule has 0 aliphatic rings. The molecule has 2 nitrogen and oxygen atoms in total. The van der Waals surface area contributed by atoms with E-state index in [0.717, 1.165) is 19.4 Å². The third kappa shape index (κ3) is 3.30. The summed E-state index contributed by atoms with van der Waals surface area (Å²) in [6.45, 7) is 7.43. The lowest BCUT2D eigenvalue weighted by atomic mass is 9.94. The van der Waals surface area contributed by atoms with Crippen LogP contribution in [0.3, 0.4) is 0 Å². The normalized spacial score (nSPS) is 12.0. The van der Waals surface area contributed by atoms with Crippen molar-refractivity contribution >= 4 is 11.3 Å². The zero-order chi connectivity index (χ0) is 11.3. The van der Waals surface area contributed by atoms with Gasteiger partial charge in [0.2, 0.25) is 0 Å². The average molecular weight is 227 g/mol. The third-order valence-electron chi connectivity index (χ3n) is 3.09. The second-order valence-electron chi connectivity index (χ2n) is 4.01. The quantitative estimate of drug-likeness (QED) is 0.783. The van der Waals surface area contributed by atoms with E-state index in [2.05, 4.69) is 38.2 Å². The molecular formula is C12H21NOS. The van der Waals surface area contributed by atoms with E-state index >= 15 is 0 Å². The van der Waals surface area contributed by atoms with E-state index < -0.39 is 0 Å². The molecule has 15 heavy (non-hydrogen) atoms. The van der Waals surface area contributed by atoms with E-state index in [9.17, 15) is 5.11 Å². The van der Waals surface area contributed by atoms with Crippen LogP contribution in [0.4, 0.5) is 0 Å². The van der Waals surface area contributed by atoms with Gasteiger partial charge in [-0.2, -0.15) is 0 Å². The Hall–Kier alpha value is -0.380. The minimum atomic E-state index is -0.0993. The Kier molecular flexibility index (Phi) is 4.77. The van der Waals surface area contributed by atoms with E-state index in [1.54, 1.807) is 0 Å². The summed E-state index contributed by atoms with van der Waals surface area (Å²) in [5.41, 5.74) is -0.0993. The first-order valence-corrected chi connectivity index (χ1v) is 6.38. The highest BCUT2D eigenvalue weighted by molar-refractivity contribution is 7.11. The van der Waals surface area contributed by atoms with Gasteiger partial charge in [0.1, 0.15) is 0 Å². The van der Waals surface area contributed by atoms with Gasteiger partial charge in [-0.1, -0.05) is 13.8 Å². The van der Waals surface area contributed by atoms with Gasteiger partial charge >= 0.3 is 0 Å². The lowest BCUT2D eigenvalue weighted by molar-refractivity contribution is 0.150. The van der Waals surface area contributed by atoms with Crippen LogP contribution < -0.4 is 5.32 Å². The van der Waals surface area contributed by atoms with Crippen molar-refractivity contribution in [3.63, 3.8) is 0 Å². The molecule has 0 fully saturated rings. The van der Waals surface area contributed by atoms with Crippen LogP contribution in [-0.4, -0.2) is 17.3 Å². The number of aliphatic hydroxyl groups is 1. The van der Waals surface area contributed by atoms with Gasteiger partial charge in [0.05, 0.1) is 6.61 Å². The van der Waals surface area contributed by atoms with Crippen LogP contribution in [0, 0.1) is 6.92 Å². The van der Waals surface area contributed by atoms with E-state index in [1.807, 2.05) is 11.3 Å². The summed E-state index contributed by atoms with van der Waals surface area (Å²) in [5.74, 6) is 0. The number of nitrogens with one attached hydrogen (secondary N) is 1. The number of hydrogen-bond acceptors (Lipinski definition) is 3. The standard InChI is InChI=1S/C12H21NOS/c1-4-12(5-2,9-14)13-8-11-7-6-10(3)15-11/h6-7,13-14H,4-5,8-9H2,1-3H3. The molecule has 0 atom stereocenters. The predicted octanol–water partition coefficient (Wildman–Crippen LogP) is 2.70. The molecule has 0 spiro atoms. The van der Waals surface area contributed by atoms with Crippen LogP contribution >= 0.6 is 11.3 Å². The summed E-state index contributed by atoms with van der Waals surface area (Å²) in [6, 6.07) is 4.29. The van der Waals surface area contributed by atoms with Crippen molar-refractivity contribution in [2.75, 3.05) is 6.61 Å².